The van der Waals surface area contributed by atoms with E-state index in [9.17, 15) is 9.59 Å². The third kappa shape index (κ3) is 3.25. The highest BCUT2D eigenvalue weighted by Crippen LogP contribution is 2.09. The van der Waals surface area contributed by atoms with Crippen LogP contribution < -0.4 is 5.32 Å². The van der Waals surface area contributed by atoms with Crippen molar-refractivity contribution >= 4 is 12.0 Å². The molecule has 0 aromatic rings. The van der Waals surface area contributed by atoms with Crippen LogP contribution in [0.2, 0.25) is 0 Å². The van der Waals surface area contributed by atoms with Crippen LogP contribution in [0.5, 0.6) is 0 Å². The Morgan fingerprint density at radius 3 is 2.75 bits per heavy atom. The summed E-state index contributed by atoms with van der Waals surface area (Å²) < 4.78 is 0. The molecule has 0 saturated carbocycles. The van der Waals surface area contributed by atoms with Gasteiger partial charge in [-0.1, -0.05) is 18.6 Å². The summed E-state index contributed by atoms with van der Waals surface area (Å²) in [6.45, 7) is 4.98. The van der Waals surface area contributed by atoms with Gasteiger partial charge in [0.05, 0.1) is 0 Å². The zero-order valence-corrected chi connectivity index (χ0v) is 9.69. The second kappa shape index (κ2) is 5.53. The van der Waals surface area contributed by atoms with E-state index in [1.165, 1.54) is 5.57 Å². The Hall–Kier alpha value is -1.52. The lowest BCUT2D eigenvalue weighted by Gasteiger charge is -2.27. The molecule has 5 nitrogen and oxygen atoms in total. The molecule has 2 N–H and O–H groups in total. The zero-order chi connectivity index (χ0) is 12.1. The van der Waals surface area contributed by atoms with E-state index < -0.39 is 12.0 Å². The lowest BCUT2D eigenvalue weighted by atomic mass is 10.1. The third-order valence-electron chi connectivity index (χ3n) is 2.73. The number of aliphatic carboxylic acids is 1. The number of nitrogens with zero attached hydrogens (tertiary/aromatic N) is 1. The van der Waals surface area contributed by atoms with Gasteiger partial charge in [0, 0.05) is 13.1 Å². The third-order valence-corrected chi connectivity index (χ3v) is 2.73. The minimum atomic E-state index is -0.986. The standard InChI is InChI=1S/C11H18N2O3/c1-3-9(10(14)15)12-11(16)13-6-4-8(2)5-7-13/h4,9H,3,5-7H2,1-2H3,(H,12,16)(H,14,15)/t9-/m0/s1. The Morgan fingerprint density at radius 1 is 1.62 bits per heavy atom. The molecule has 16 heavy (non-hydrogen) atoms. The monoisotopic (exact) mass is 226 g/mol. The number of carboxylic acids is 1. The smallest absolute Gasteiger partial charge is 0.326 e. The van der Waals surface area contributed by atoms with Crippen LogP contribution in [0.25, 0.3) is 0 Å². The maximum atomic E-state index is 11.7. The highest BCUT2D eigenvalue weighted by molar-refractivity contribution is 5.82. The number of rotatable bonds is 3. The molecule has 2 amide bonds. The van der Waals surface area contributed by atoms with E-state index >= 15 is 0 Å². The predicted octanol–water partition coefficient (Wildman–Crippen LogP) is 1.21. The normalized spacial score (nSPS) is 17.6. The number of carbonyl (C=O) groups is 2. The average Bonchev–Trinajstić information content (AvgIpc) is 2.26. The van der Waals surface area contributed by atoms with Crippen molar-refractivity contribution in [1.29, 1.82) is 0 Å². The summed E-state index contributed by atoms with van der Waals surface area (Å²) >= 11 is 0. The Bertz CT molecular complexity index is 312. The van der Waals surface area contributed by atoms with Gasteiger partial charge in [-0.2, -0.15) is 0 Å². The molecule has 0 fully saturated rings. The van der Waals surface area contributed by atoms with Crippen LogP contribution in [-0.4, -0.2) is 41.1 Å². The van der Waals surface area contributed by atoms with E-state index in [2.05, 4.69) is 5.32 Å². The minimum Gasteiger partial charge on any atom is -0.480 e. The van der Waals surface area contributed by atoms with Gasteiger partial charge in [-0.05, 0) is 19.8 Å². The SMILES string of the molecule is CC[C@H](NC(=O)N1CC=C(C)CC1)C(=O)O. The first-order chi connectivity index (χ1) is 7.54. The molecule has 1 aliphatic heterocycles. The molecule has 5 heteroatoms. The van der Waals surface area contributed by atoms with Crippen LogP contribution in [0, 0.1) is 0 Å². The van der Waals surface area contributed by atoms with Gasteiger partial charge in [-0.15, -0.1) is 0 Å². The molecule has 1 aliphatic rings. The van der Waals surface area contributed by atoms with E-state index in [4.69, 9.17) is 5.11 Å². The first kappa shape index (κ1) is 12.5. The van der Waals surface area contributed by atoms with Crippen LogP contribution in [-0.2, 0) is 4.79 Å². The molecule has 0 spiro atoms. The average molecular weight is 226 g/mol. The summed E-state index contributed by atoms with van der Waals surface area (Å²) in [5.41, 5.74) is 1.27. The lowest BCUT2D eigenvalue weighted by Crippen LogP contribution is -2.48. The van der Waals surface area contributed by atoms with Crippen LogP contribution in [0.3, 0.4) is 0 Å². The first-order valence-electron chi connectivity index (χ1n) is 5.48. The Balaban J connectivity index is 2.49. The molecular weight excluding hydrogens is 208 g/mol. The first-order valence-corrected chi connectivity index (χ1v) is 5.48. The lowest BCUT2D eigenvalue weighted by molar-refractivity contribution is -0.139. The molecule has 0 unspecified atom stereocenters. The summed E-state index contributed by atoms with van der Waals surface area (Å²) in [7, 11) is 0. The second-order valence-electron chi connectivity index (χ2n) is 4.00. The fourth-order valence-electron chi connectivity index (χ4n) is 1.53. The van der Waals surface area contributed by atoms with Crippen LogP contribution >= 0.6 is 0 Å². The maximum Gasteiger partial charge on any atom is 0.326 e. The van der Waals surface area contributed by atoms with Crippen molar-refractivity contribution in [1.82, 2.24) is 10.2 Å². The molecule has 1 heterocycles. The number of hydrogen-bond acceptors (Lipinski definition) is 2. The predicted molar refractivity (Wildman–Crippen MR) is 60.2 cm³/mol. The van der Waals surface area contributed by atoms with Gasteiger partial charge in [0.2, 0.25) is 0 Å². The highest BCUT2D eigenvalue weighted by atomic mass is 16.4. The Kier molecular flexibility index (Phi) is 4.34. The number of amides is 2. The number of carbonyl (C=O) groups excluding carboxylic acids is 1. The van der Waals surface area contributed by atoms with Crippen LogP contribution in [0.15, 0.2) is 11.6 Å². The van der Waals surface area contributed by atoms with Gasteiger partial charge in [0.25, 0.3) is 0 Å². The Morgan fingerprint density at radius 2 is 2.31 bits per heavy atom. The van der Waals surface area contributed by atoms with Crippen molar-refractivity contribution in [2.45, 2.75) is 32.7 Å². The fraction of sp³-hybridized carbons (Fsp3) is 0.636. The fourth-order valence-corrected chi connectivity index (χ4v) is 1.53. The van der Waals surface area contributed by atoms with Crippen LogP contribution in [0.4, 0.5) is 4.79 Å². The van der Waals surface area contributed by atoms with Gasteiger partial charge >= 0.3 is 12.0 Å². The molecule has 0 aromatic carbocycles. The van der Waals surface area contributed by atoms with Gasteiger partial charge in [0.1, 0.15) is 6.04 Å². The summed E-state index contributed by atoms with van der Waals surface area (Å²) in [6, 6.07) is -1.09. The topological polar surface area (TPSA) is 69.6 Å². The number of hydrogen-bond donors (Lipinski definition) is 2. The summed E-state index contributed by atoms with van der Waals surface area (Å²) in [5, 5.41) is 11.3. The summed E-state index contributed by atoms with van der Waals surface area (Å²) in [4.78, 5) is 24.1. The van der Waals surface area contributed by atoms with Gasteiger partial charge in [-0.25, -0.2) is 9.59 Å². The highest BCUT2D eigenvalue weighted by Gasteiger charge is 2.22. The quantitative estimate of drug-likeness (QED) is 0.711. The molecule has 0 radical (unpaired) electrons. The largest absolute Gasteiger partial charge is 0.480 e. The van der Waals surface area contributed by atoms with Crippen molar-refractivity contribution in [3.63, 3.8) is 0 Å². The molecule has 1 rings (SSSR count). The number of urea groups is 1. The van der Waals surface area contributed by atoms with E-state index in [1.54, 1.807) is 11.8 Å². The van der Waals surface area contributed by atoms with Crippen molar-refractivity contribution < 1.29 is 14.7 Å². The van der Waals surface area contributed by atoms with Crippen LogP contribution in [0.1, 0.15) is 26.7 Å². The molecule has 0 saturated heterocycles. The van der Waals surface area contributed by atoms with Gasteiger partial charge in [0.15, 0.2) is 0 Å². The van der Waals surface area contributed by atoms with Gasteiger partial charge < -0.3 is 15.3 Å². The van der Waals surface area contributed by atoms with Crippen molar-refractivity contribution in [3.05, 3.63) is 11.6 Å². The van der Waals surface area contributed by atoms with Crippen molar-refractivity contribution in [2.75, 3.05) is 13.1 Å². The van der Waals surface area contributed by atoms with Crippen molar-refractivity contribution in [3.8, 4) is 0 Å². The van der Waals surface area contributed by atoms with Gasteiger partial charge in [-0.3, -0.25) is 0 Å². The summed E-state index contributed by atoms with van der Waals surface area (Å²) in [5.74, 6) is -0.986. The van der Waals surface area contributed by atoms with E-state index in [-0.39, 0.29) is 6.03 Å². The minimum absolute atomic E-state index is 0.294. The van der Waals surface area contributed by atoms with E-state index in [1.807, 2.05) is 13.0 Å². The van der Waals surface area contributed by atoms with E-state index in [0.717, 1.165) is 6.42 Å². The maximum absolute atomic E-state index is 11.7. The van der Waals surface area contributed by atoms with E-state index in [0.29, 0.717) is 19.5 Å². The Labute approximate surface area is 95.1 Å². The molecule has 0 aromatic heterocycles. The molecule has 0 bridgehead atoms. The number of nitrogens with one attached hydrogen (secondary N) is 1. The zero-order valence-electron chi connectivity index (χ0n) is 9.69. The molecular formula is C11H18N2O3. The number of carboxylic acid groups (broad SMARTS) is 1. The summed E-state index contributed by atoms with van der Waals surface area (Å²) in [6.07, 6.45) is 3.24. The molecule has 0 aliphatic carbocycles. The second-order valence-corrected chi connectivity index (χ2v) is 4.00. The molecule has 90 valence electrons. The molecule has 1 atom stereocenters. The van der Waals surface area contributed by atoms with Crippen molar-refractivity contribution in [2.24, 2.45) is 0 Å².